The zero-order chi connectivity index (χ0) is 33.5. The van der Waals surface area contributed by atoms with Gasteiger partial charge in [0.1, 0.15) is 0 Å². The molecule has 10 rings (SSSR count). The van der Waals surface area contributed by atoms with Crippen molar-refractivity contribution >= 4 is 23.1 Å². The molecule has 0 amide bonds. The van der Waals surface area contributed by atoms with Crippen LogP contribution in [-0.4, -0.2) is 0 Å². The summed E-state index contributed by atoms with van der Waals surface area (Å²) in [5.74, 6) is 0. The summed E-state index contributed by atoms with van der Waals surface area (Å²) < 4.78 is 6.84. The van der Waals surface area contributed by atoms with Gasteiger partial charge in [-0.05, 0) is 92.5 Å². The highest BCUT2D eigenvalue weighted by Gasteiger charge is 2.48. The number of rotatable bonds is 4. The van der Waals surface area contributed by atoms with Crippen molar-refractivity contribution in [1.29, 1.82) is 0 Å². The number of hydrogen-bond donors (Lipinski definition) is 0. The zero-order valence-corrected chi connectivity index (χ0v) is 28.1. The van der Waals surface area contributed by atoms with Gasteiger partial charge in [0.25, 0.3) is 0 Å². The third-order valence-electron chi connectivity index (χ3n) is 11.1. The third kappa shape index (κ3) is 4.02. The minimum absolute atomic E-state index is 0.111. The van der Waals surface area contributed by atoms with Crippen molar-refractivity contribution in [3.05, 3.63) is 203 Å². The molecule has 0 N–H and O–H groups in total. The highest BCUT2D eigenvalue weighted by atomic mass is 16.5. The lowest BCUT2D eigenvalue weighted by molar-refractivity contribution is 0.100. The molecular formula is C48H35NO. The second-order valence-electron chi connectivity index (χ2n) is 14.1. The van der Waals surface area contributed by atoms with Crippen LogP contribution in [0.3, 0.4) is 0 Å². The summed E-state index contributed by atoms with van der Waals surface area (Å²) in [4.78, 5) is 2.41. The number of nitrogens with zero attached hydrogens (tertiary/aromatic N) is 1. The monoisotopic (exact) mass is 641 g/mol. The van der Waals surface area contributed by atoms with E-state index in [-0.39, 0.29) is 5.41 Å². The minimum atomic E-state index is -0.738. The summed E-state index contributed by atoms with van der Waals surface area (Å²) >= 11 is 0. The molecule has 0 saturated carbocycles. The molecule has 1 aliphatic heterocycles. The van der Waals surface area contributed by atoms with Crippen LogP contribution in [0.1, 0.15) is 47.2 Å². The van der Waals surface area contributed by atoms with Crippen molar-refractivity contribution in [2.75, 3.05) is 4.90 Å². The van der Waals surface area contributed by atoms with Gasteiger partial charge in [-0.25, -0.2) is 0 Å². The molecule has 1 spiro atoms. The fraction of sp³-hybridized carbons (Fsp3) is 0.0833. The van der Waals surface area contributed by atoms with Crippen molar-refractivity contribution in [3.8, 4) is 33.4 Å². The van der Waals surface area contributed by atoms with E-state index in [0.29, 0.717) is 0 Å². The van der Waals surface area contributed by atoms with Crippen molar-refractivity contribution in [1.82, 2.24) is 0 Å². The second kappa shape index (κ2) is 10.7. The van der Waals surface area contributed by atoms with Crippen LogP contribution in [-0.2, 0) is 15.8 Å². The quantitative estimate of drug-likeness (QED) is 0.190. The molecule has 1 heterocycles. The Bertz CT molecular complexity index is 2490. The van der Waals surface area contributed by atoms with E-state index < -0.39 is 5.60 Å². The van der Waals surface area contributed by atoms with Crippen LogP contribution in [0, 0.1) is 0 Å². The van der Waals surface area contributed by atoms with Crippen LogP contribution in [0.15, 0.2) is 170 Å². The van der Waals surface area contributed by atoms with Crippen LogP contribution in [0.2, 0.25) is 0 Å². The Morgan fingerprint density at radius 3 is 1.68 bits per heavy atom. The maximum atomic E-state index is 6.84. The summed E-state index contributed by atoms with van der Waals surface area (Å²) in [5, 5.41) is 0. The van der Waals surface area contributed by atoms with Crippen molar-refractivity contribution < 1.29 is 4.74 Å². The van der Waals surface area contributed by atoms with Crippen LogP contribution >= 0.6 is 0 Å². The zero-order valence-electron chi connectivity index (χ0n) is 28.1. The highest BCUT2D eigenvalue weighted by molar-refractivity contribution is 5.90. The number of hydrogen-bond acceptors (Lipinski definition) is 2. The number of benzene rings is 7. The Hall–Kier alpha value is -6.12. The van der Waals surface area contributed by atoms with E-state index in [9.17, 15) is 0 Å². The molecule has 0 bridgehead atoms. The van der Waals surface area contributed by atoms with E-state index in [1.807, 2.05) is 6.26 Å². The molecule has 0 aromatic heterocycles. The van der Waals surface area contributed by atoms with Gasteiger partial charge in [-0.1, -0.05) is 141 Å². The number of ether oxygens (including phenoxy) is 1. The van der Waals surface area contributed by atoms with Gasteiger partial charge in [0.05, 0.1) is 6.26 Å². The Balaban J connectivity index is 1.18. The Kier molecular flexibility index (Phi) is 6.17. The Morgan fingerprint density at radius 2 is 0.940 bits per heavy atom. The SMILES string of the molecule is CC1(C)c2ccccc2-c2ccc(N(c3ccc(-c4ccccc4)cc3)c3ccc4c(c3)C3(OC=Cc5ccccc53)c3ccccc3-4)cc21. The van der Waals surface area contributed by atoms with Crippen LogP contribution in [0.25, 0.3) is 39.5 Å². The Morgan fingerprint density at radius 1 is 0.420 bits per heavy atom. The molecule has 0 radical (unpaired) electrons. The highest BCUT2D eigenvalue weighted by Crippen LogP contribution is 2.57. The smallest absolute Gasteiger partial charge is 0.185 e. The van der Waals surface area contributed by atoms with Gasteiger partial charge in [0, 0.05) is 39.2 Å². The van der Waals surface area contributed by atoms with Crippen molar-refractivity contribution in [2.24, 2.45) is 0 Å². The van der Waals surface area contributed by atoms with Crippen molar-refractivity contribution in [3.63, 3.8) is 0 Å². The van der Waals surface area contributed by atoms with Gasteiger partial charge in [0.15, 0.2) is 5.60 Å². The molecule has 238 valence electrons. The van der Waals surface area contributed by atoms with Crippen LogP contribution in [0.4, 0.5) is 17.1 Å². The molecule has 2 heteroatoms. The summed E-state index contributed by atoms with van der Waals surface area (Å²) in [6, 6.07) is 59.7. The lowest BCUT2D eigenvalue weighted by Gasteiger charge is -2.36. The lowest BCUT2D eigenvalue weighted by Crippen LogP contribution is -2.31. The first-order chi connectivity index (χ1) is 24.5. The molecule has 7 aromatic rings. The average molecular weight is 642 g/mol. The molecule has 2 aliphatic carbocycles. The molecule has 50 heavy (non-hydrogen) atoms. The van der Waals surface area contributed by atoms with E-state index in [2.05, 4.69) is 189 Å². The molecule has 0 fully saturated rings. The van der Waals surface area contributed by atoms with Gasteiger partial charge in [-0.2, -0.15) is 0 Å². The fourth-order valence-electron chi connectivity index (χ4n) is 8.73. The minimum Gasteiger partial charge on any atom is -0.481 e. The summed E-state index contributed by atoms with van der Waals surface area (Å²) in [7, 11) is 0. The number of fused-ring (bicyclic) bond motifs is 10. The van der Waals surface area contributed by atoms with Gasteiger partial charge in [-0.15, -0.1) is 0 Å². The topological polar surface area (TPSA) is 12.5 Å². The molecule has 1 unspecified atom stereocenters. The van der Waals surface area contributed by atoms with Gasteiger partial charge < -0.3 is 9.64 Å². The van der Waals surface area contributed by atoms with E-state index in [4.69, 9.17) is 4.74 Å². The molecule has 2 nitrogen and oxygen atoms in total. The first kappa shape index (κ1) is 28.9. The normalized spacial score (nSPS) is 16.9. The average Bonchev–Trinajstić information content (AvgIpc) is 3.57. The van der Waals surface area contributed by atoms with E-state index in [0.717, 1.165) is 22.6 Å². The standard InChI is InChI=1S/C48H35NO/c1-47(2)43-18-10-7-15-38(43)40-26-24-36(30-45(40)47)49(35-22-20-33(21-23-35)32-12-4-3-5-13-32)37-25-27-41-39-16-8-11-19-44(39)48(46(41)31-37)42-17-9-6-14-34(42)28-29-50-48/h3-31H,1-2H3. The predicted molar refractivity (Wildman–Crippen MR) is 206 cm³/mol. The first-order valence-electron chi connectivity index (χ1n) is 17.4. The van der Waals surface area contributed by atoms with E-state index >= 15 is 0 Å². The maximum absolute atomic E-state index is 6.84. The van der Waals surface area contributed by atoms with Crippen LogP contribution < -0.4 is 4.90 Å². The predicted octanol–water partition coefficient (Wildman–Crippen LogP) is 12.4. The second-order valence-corrected chi connectivity index (χ2v) is 14.1. The van der Waals surface area contributed by atoms with E-state index in [1.54, 1.807) is 0 Å². The van der Waals surface area contributed by atoms with E-state index in [1.165, 1.54) is 61.2 Å². The van der Waals surface area contributed by atoms with Crippen molar-refractivity contribution in [2.45, 2.75) is 24.9 Å². The largest absolute Gasteiger partial charge is 0.481 e. The third-order valence-corrected chi connectivity index (χ3v) is 11.1. The first-order valence-corrected chi connectivity index (χ1v) is 17.4. The molecule has 7 aromatic carbocycles. The molecule has 3 aliphatic rings. The fourth-order valence-corrected chi connectivity index (χ4v) is 8.73. The Labute approximate surface area is 293 Å². The van der Waals surface area contributed by atoms with Crippen LogP contribution in [0.5, 0.6) is 0 Å². The molecule has 1 atom stereocenters. The van der Waals surface area contributed by atoms with Gasteiger partial charge >= 0.3 is 0 Å². The maximum Gasteiger partial charge on any atom is 0.185 e. The lowest BCUT2D eigenvalue weighted by atomic mass is 9.80. The number of anilines is 3. The summed E-state index contributed by atoms with van der Waals surface area (Å²) in [6.45, 7) is 4.70. The van der Waals surface area contributed by atoms with Gasteiger partial charge in [0.2, 0.25) is 0 Å². The molecular weight excluding hydrogens is 607 g/mol. The molecule has 0 saturated heterocycles. The summed E-state index contributed by atoms with van der Waals surface area (Å²) in [6.07, 6.45) is 3.96. The summed E-state index contributed by atoms with van der Waals surface area (Å²) in [5.41, 5.74) is 17.4. The van der Waals surface area contributed by atoms with Gasteiger partial charge in [-0.3, -0.25) is 0 Å².